The van der Waals surface area contributed by atoms with Crippen LogP contribution in [0.1, 0.15) is 64.8 Å². The van der Waals surface area contributed by atoms with Gasteiger partial charge in [0, 0.05) is 30.9 Å². The van der Waals surface area contributed by atoms with E-state index in [1.54, 1.807) is 17.0 Å². The fourth-order valence-electron chi connectivity index (χ4n) is 5.82. The van der Waals surface area contributed by atoms with Gasteiger partial charge in [-0.05, 0) is 50.0 Å². The second kappa shape index (κ2) is 12.0. The van der Waals surface area contributed by atoms with E-state index in [1.165, 1.54) is 29.1 Å². The van der Waals surface area contributed by atoms with Crippen molar-refractivity contribution in [2.75, 3.05) is 23.7 Å². The molecule has 0 saturated carbocycles. The van der Waals surface area contributed by atoms with Crippen LogP contribution in [0.4, 0.5) is 15.9 Å². The van der Waals surface area contributed by atoms with Gasteiger partial charge in [-0.2, -0.15) is 4.98 Å². The lowest BCUT2D eigenvalue weighted by atomic mass is 10.0. The minimum atomic E-state index is -0.599. The van der Waals surface area contributed by atoms with Crippen LogP contribution in [0.3, 0.4) is 0 Å². The lowest BCUT2D eigenvalue weighted by molar-refractivity contribution is -0.128. The monoisotopic (exact) mass is 618 g/mol. The molecule has 1 aliphatic heterocycles. The van der Waals surface area contributed by atoms with Gasteiger partial charge in [-0.3, -0.25) is 4.79 Å². The minimum Gasteiger partial charge on any atom is -0.398 e. The van der Waals surface area contributed by atoms with Crippen LogP contribution >= 0.6 is 11.6 Å². The average Bonchev–Trinajstić information content (AvgIpc) is 2.97. The highest BCUT2D eigenvalue weighted by atomic mass is 35.5. The second-order valence-electron chi connectivity index (χ2n) is 11.8. The Labute approximate surface area is 260 Å². The maximum atomic E-state index is 15.2. The van der Waals surface area contributed by atoms with Gasteiger partial charge in [-0.1, -0.05) is 51.9 Å². The van der Waals surface area contributed by atoms with Crippen molar-refractivity contribution in [1.29, 1.82) is 0 Å². The van der Waals surface area contributed by atoms with Crippen LogP contribution in [-0.4, -0.2) is 60.5 Å². The number of carbonyl (C=O) groups is 1. The zero-order valence-corrected chi connectivity index (χ0v) is 26.4. The Morgan fingerprint density at radius 1 is 1.09 bits per heavy atom. The lowest BCUT2D eigenvalue weighted by Crippen LogP contribution is -2.58. The summed E-state index contributed by atoms with van der Waals surface area (Å²) >= 11 is 6.84. The van der Waals surface area contributed by atoms with E-state index in [2.05, 4.69) is 21.5 Å². The molecule has 0 spiro atoms. The normalized spacial score (nSPS) is 17.1. The van der Waals surface area contributed by atoms with Gasteiger partial charge in [0.05, 0.1) is 38.7 Å². The van der Waals surface area contributed by atoms with Crippen molar-refractivity contribution in [3.63, 3.8) is 0 Å². The molecule has 0 radical (unpaired) electrons. The van der Waals surface area contributed by atoms with Crippen LogP contribution in [0.2, 0.25) is 5.02 Å². The molecule has 0 bridgehead atoms. The third kappa shape index (κ3) is 5.29. The molecule has 2 N–H and O–H groups in total. The fraction of sp³-hybridized carbons (Fsp3) is 0.375. The number of carbonyl (C=O) groups excluding carboxylic acids is 1. The third-order valence-electron chi connectivity index (χ3n) is 8.00. The van der Waals surface area contributed by atoms with E-state index in [0.29, 0.717) is 41.4 Å². The summed E-state index contributed by atoms with van der Waals surface area (Å²) in [7, 11) is 0. The van der Waals surface area contributed by atoms with E-state index in [1.807, 2.05) is 46.4 Å². The number of benzene rings is 1. The van der Waals surface area contributed by atoms with Crippen molar-refractivity contribution in [2.24, 2.45) is 0 Å². The highest BCUT2D eigenvalue weighted by Gasteiger charge is 2.34. The Morgan fingerprint density at radius 2 is 1.75 bits per heavy atom. The van der Waals surface area contributed by atoms with Crippen LogP contribution in [0.5, 0.6) is 0 Å². The first kappa shape index (κ1) is 31.1. The Balaban J connectivity index is 1.88. The highest BCUT2D eigenvalue weighted by Crippen LogP contribution is 2.38. The first-order valence-corrected chi connectivity index (χ1v) is 15.0. The maximum absolute atomic E-state index is 15.2. The van der Waals surface area contributed by atoms with Crippen molar-refractivity contribution in [3.8, 4) is 16.9 Å². The van der Waals surface area contributed by atoms with Crippen molar-refractivity contribution in [3.05, 3.63) is 76.0 Å². The molecule has 4 aromatic rings. The number of rotatable bonds is 6. The molecule has 230 valence electrons. The number of nitrogens with two attached hydrogens (primary N) is 1. The van der Waals surface area contributed by atoms with Crippen LogP contribution in [0.25, 0.3) is 28.0 Å². The van der Waals surface area contributed by atoms with Gasteiger partial charge in [0.25, 0.3) is 0 Å². The molecular formula is C32H36ClFN8O2. The summed E-state index contributed by atoms with van der Waals surface area (Å²) in [4.78, 5) is 49.1. The molecule has 12 heteroatoms. The molecule has 2 unspecified atom stereocenters. The molecule has 44 heavy (non-hydrogen) atoms. The molecule has 2 atom stereocenters. The van der Waals surface area contributed by atoms with Crippen LogP contribution in [0.15, 0.2) is 48.0 Å². The number of hydrogen-bond donors (Lipinski definition) is 1. The molecule has 1 saturated heterocycles. The number of nitrogens with zero attached hydrogens (tertiary/aromatic N) is 7. The molecule has 1 fully saturated rings. The number of amides is 1. The number of anilines is 2. The number of halogens is 2. The van der Waals surface area contributed by atoms with E-state index in [0.717, 1.165) is 0 Å². The molecule has 5 rings (SSSR count). The largest absolute Gasteiger partial charge is 0.398 e. The summed E-state index contributed by atoms with van der Waals surface area (Å²) in [5.74, 6) is -0.542. The molecule has 1 amide bonds. The van der Waals surface area contributed by atoms with E-state index < -0.39 is 11.5 Å². The Kier molecular flexibility index (Phi) is 8.44. The SMILES string of the molecule is C=CC(=O)N1CC(C)N(c2nc(=O)n(-c3c(C(C)C)ncnc3C(C)C)c3nc(-c4c(N)cccc4F)c(Cl)cc23)CC1C. The predicted octanol–water partition coefficient (Wildman–Crippen LogP) is 5.47. The van der Waals surface area contributed by atoms with E-state index in [4.69, 9.17) is 22.3 Å². The van der Waals surface area contributed by atoms with Gasteiger partial charge >= 0.3 is 5.69 Å². The number of fused-ring (bicyclic) bond motifs is 1. The number of nitrogen functional groups attached to an aromatic ring is 1. The Hall–Kier alpha value is -4.38. The molecule has 1 aromatic carbocycles. The molecule has 0 aliphatic carbocycles. The van der Waals surface area contributed by atoms with Gasteiger partial charge in [-0.25, -0.2) is 28.7 Å². The topological polar surface area (TPSA) is 123 Å². The third-order valence-corrected chi connectivity index (χ3v) is 8.28. The quantitative estimate of drug-likeness (QED) is 0.223. The van der Waals surface area contributed by atoms with Crippen molar-refractivity contribution in [1.82, 2.24) is 29.4 Å². The molecular weight excluding hydrogens is 583 g/mol. The van der Waals surface area contributed by atoms with Crippen LogP contribution in [-0.2, 0) is 4.79 Å². The number of hydrogen-bond acceptors (Lipinski definition) is 8. The summed E-state index contributed by atoms with van der Waals surface area (Å²) < 4.78 is 16.6. The summed E-state index contributed by atoms with van der Waals surface area (Å²) in [5, 5.41) is 0.616. The van der Waals surface area contributed by atoms with Crippen molar-refractivity contribution < 1.29 is 9.18 Å². The molecule has 4 heterocycles. The van der Waals surface area contributed by atoms with Crippen molar-refractivity contribution in [2.45, 2.75) is 65.5 Å². The molecule has 3 aromatic heterocycles. The van der Waals surface area contributed by atoms with Crippen LogP contribution in [0, 0.1) is 5.82 Å². The standard InChI is InChI=1S/C32H36ClFN8O2/c1-8-24(43)40-13-19(7)41(14-18(40)6)30-20-12-21(33)28(25-22(34)10-9-11-23(25)35)38-31(20)42(32(44)39-30)29-26(16(2)3)36-15-37-27(29)17(4)5/h8-12,15-19H,1,13-14,35H2,2-7H3. The van der Waals surface area contributed by atoms with Gasteiger partial charge in [-0.15, -0.1) is 0 Å². The van der Waals surface area contributed by atoms with Gasteiger partial charge in [0.2, 0.25) is 5.91 Å². The van der Waals surface area contributed by atoms with Gasteiger partial charge in [0.1, 0.15) is 18.0 Å². The first-order chi connectivity index (χ1) is 20.8. The summed E-state index contributed by atoms with van der Waals surface area (Å²) in [6.45, 7) is 16.2. The Bertz CT molecular complexity index is 1790. The zero-order valence-electron chi connectivity index (χ0n) is 25.7. The van der Waals surface area contributed by atoms with Crippen LogP contribution < -0.4 is 16.3 Å². The summed E-state index contributed by atoms with van der Waals surface area (Å²) in [5.41, 5.74) is 7.88. The van der Waals surface area contributed by atoms with Gasteiger partial charge in [0.15, 0.2) is 5.65 Å². The van der Waals surface area contributed by atoms with Gasteiger partial charge < -0.3 is 15.5 Å². The fourth-order valence-corrected chi connectivity index (χ4v) is 6.06. The first-order valence-electron chi connectivity index (χ1n) is 14.6. The van der Waals surface area contributed by atoms with E-state index >= 15 is 4.39 Å². The molecule has 10 nitrogen and oxygen atoms in total. The van der Waals surface area contributed by atoms with E-state index in [9.17, 15) is 9.59 Å². The lowest BCUT2D eigenvalue weighted by Gasteiger charge is -2.44. The summed E-state index contributed by atoms with van der Waals surface area (Å²) in [6, 6.07) is 5.60. The summed E-state index contributed by atoms with van der Waals surface area (Å²) in [6.07, 6.45) is 2.79. The number of piperazine rings is 1. The molecule has 1 aliphatic rings. The number of pyridine rings is 1. The maximum Gasteiger partial charge on any atom is 0.355 e. The second-order valence-corrected chi connectivity index (χ2v) is 12.2. The zero-order chi connectivity index (χ0) is 32.0. The minimum absolute atomic E-state index is 0.0350. The Morgan fingerprint density at radius 3 is 2.34 bits per heavy atom. The number of aromatic nitrogens is 5. The van der Waals surface area contributed by atoms with E-state index in [-0.39, 0.29) is 57.4 Å². The predicted molar refractivity (Wildman–Crippen MR) is 172 cm³/mol. The highest BCUT2D eigenvalue weighted by molar-refractivity contribution is 6.34. The smallest absolute Gasteiger partial charge is 0.355 e. The van der Waals surface area contributed by atoms with Crippen molar-refractivity contribution >= 4 is 40.0 Å². The average molecular weight is 619 g/mol.